The van der Waals surface area contributed by atoms with Crippen molar-refractivity contribution in [2.24, 2.45) is 22.9 Å². The number of ether oxygens (including phenoxy) is 2. The normalized spacial score (nSPS) is 15.0. The highest BCUT2D eigenvalue weighted by atomic mass is 16.7. The Bertz CT molecular complexity index is 129. The molecule has 0 aromatic rings. The molecule has 0 aromatic heterocycles. The van der Waals surface area contributed by atoms with Crippen LogP contribution in [0.3, 0.4) is 0 Å². The van der Waals surface area contributed by atoms with E-state index in [9.17, 15) is 4.79 Å². The van der Waals surface area contributed by atoms with E-state index in [1.807, 2.05) is 0 Å². The Hall–Kier alpha value is -0.890. The molecule has 2 atom stereocenters. The molecule has 8 N–H and O–H groups in total. The Labute approximate surface area is 69.9 Å². The van der Waals surface area contributed by atoms with E-state index in [2.05, 4.69) is 9.47 Å². The zero-order valence-electron chi connectivity index (χ0n) is 6.60. The van der Waals surface area contributed by atoms with Crippen molar-refractivity contribution in [1.82, 2.24) is 0 Å². The molecule has 0 aliphatic heterocycles. The summed E-state index contributed by atoms with van der Waals surface area (Å²) in [6, 6.07) is 0. The van der Waals surface area contributed by atoms with Gasteiger partial charge >= 0.3 is 6.16 Å². The summed E-state index contributed by atoms with van der Waals surface area (Å²) >= 11 is 0. The van der Waals surface area contributed by atoms with Crippen LogP contribution in [0.4, 0.5) is 4.79 Å². The largest absolute Gasteiger partial charge is 0.511 e. The molecule has 0 rings (SSSR count). The second kappa shape index (κ2) is 5.72. The molecule has 0 bridgehead atoms. The van der Waals surface area contributed by atoms with Gasteiger partial charge in [-0.2, -0.15) is 0 Å². The number of rotatable bonds is 4. The molecular formula is C5H14N4O3. The van der Waals surface area contributed by atoms with Crippen molar-refractivity contribution in [3.8, 4) is 0 Å². The SMILES string of the molecule is NCC(N)OC(=O)OC(N)CN. The van der Waals surface area contributed by atoms with E-state index < -0.39 is 18.6 Å². The predicted molar refractivity (Wildman–Crippen MR) is 41.6 cm³/mol. The van der Waals surface area contributed by atoms with E-state index >= 15 is 0 Å². The van der Waals surface area contributed by atoms with Crippen LogP contribution in [0, 0.1) is 0 Å². The standard InChI is InChI=1S/C5H14N4O3/c6-1-3(8)11-5(10)12-4(9)2-7/h3-4H,1-2,6-9H2. The Morgan fingerprint density at radius 3 is 1.67 bits per heavy atom. The summed E-state index contributed by atoms with van der Waals surface area (Å²) in [5.41, 5.74) is 20.5. The van der Waals surface area contributed by atoms with Gasteiger partial charge in [0.2, 0.25) is 0 Å². The van der Waals surface area contributed by atoms with Crippen LogP contribution >= 0.6 is 0 Å². The van der Waals surface area contributed by atoms with Crippen molar-refractivity contribution in [1.29, 1.82) is 0 Å². The van der Waals surface area contributed by atoms with Crippen molar-refractivity contribution in [3.05, 3.63) is 0 Å². The average Bonchev–Trinajstić information content (AvgIpc) is 2.03. The molecular weight excluding hydrogens is 164 g/mol. The topological polar surface area (TPSA) is 140 Å². The van der Waals surface area contributed by atoms with E-state index in [1.165, 1.54) is 0 Å². The lowest BCUT2D eigenvalue weighted by Crippen LogP contribution is -2.39. The summed E-state index contributed by atoms with van der Waals surface area (Å²) in [6.45, 7) is 0.0416. The maximum Gasteiger partial charge on any atom is 0.511 e. The third-order valence-corrected chi connectivity index (χ3v) is 0.960. The quantitative estimate of drug-likeness (QED) is 0.278. The first-order chi connectivity index (χ1) is 5.60. The van der Waals surface area contributed by atoms with E-state index in [-0.39, 0.29) is 13.1 Å². The van der Waals surface area contributed by atoms with Gasteiger partial charge in [-0.1, -0.05) is 0 Å². The Balaban J connectivity index is 3.59. The molecule has 2 unspecified atom stereocenters. The van der Waals surface area contributed by atoms with Gasteiger partial charge in [0.05, 0.1) is 0 Å². The van der Waals surface area contributed by atoms with Crippen LogP contribution in [-0.2, 0) is 9.47 Å². The second-order valence-electron chi connectivity index (χ2n) is 2.03. The maximum atomic E-state index is 10.7. The van der Waals surface area contributed by atoms with Gasteiger partial charge < -0.3 is 20.9 Å². The summed E-state index contributed by atoms with van der Waals surface area (Å²) in [4.78, 5) is 10.7. The molecule has 0 saturated carbocycles. The van der Waals surface area contributed by atoms with Crippen molar-refractivity contribution in [2.75, 3.05) is 13.1 Å². The summed E-state index contributed by atoms with van der Waals surface area (Å²) in [5, 5.41) is 0. The number of hydrogen-bond acceptors (Lipinski definition) is 7. The number of carbonyl (C=O) groups excluding carboxylic acids is 1. The molecule has 0 aliphatic rings. The average molecular weight is 178 g/mol. The Kier molecular flexibility index (Phi) is 5.30. The molecule has 0 amide bonds. The fourth-order valence-electron chi connectivity index (χ4n) is 0.371. The highest BCUT2D eigenvalue weighted by Gasteiger charge is 2.12. The molecule has 0 radical (unpaired) electrons. The molecule has 0 spiro atoms. The number of carbonyl (C=O) groups is 1. The minimum Gasteiger partial charge on any atom is -0.414 e. The molecule has 0 fully saturated rings. The smallest absolute Gasteiger partial charge is 0.414 e. The molecule has 72 valence electrons. The van der Waals surface area contributed by atoms with Gasteiger partial charge in [-0.15, -0.1) is 0 Å². The van der Waals surface area contributed by atoms with Gasteiger partial charge in [-0.25, -0.2) is 4.79 Å². The summed E-state index contributed by atoms with van der Waals surface area (Å²) < 4.78 is 8.86. The lowest BCUT2D eigenvalue weighted by atomic mass is 10.6. The van der Waals surface area contributed by atoms with Crippen molar-refractivity contribution in [3.63, 3.8) is 0 Å². The summed E-state index contributed by atoms with van der Waals surface area (Å²) in [6.07, 6.45) is -2.71. The van der Waals surface area contributed by atoms with Crippen molar-refractivity contribution in [2.45, 2.75) is 12.5 Å². The van der Waals surface area contributed by atoms with Gasteiger partial charge in [0.1, 0.15) is 0 Å². The molecule has 0 heterocycles. The Morgan fingerprint density at radius 1 is 1.08 bits per heavy atom. The van der Waals surface area contributed by atoms with Crippen LogP contribution in [-0.4, -0.2) is 31.7 Å². The van der Waals surface area contributed by atoms with E-state index in [0.717, 1.165) is 0 Å². The molecule has 7 nitrogen and oxygen atoms in total. The Morgan fingerprint density at radius 2 is 1.42 bits per heavy atom. The highest BCUT2D eigenvalue weighted by Crippen LogP contribution is 1.89. The molecule has 12 heavy (non-hydrogen) atoms. The predicted octanol–water partition coefficient (Wildman–Crippen LogP) is -2.37. The molecule has 7 heteroatoms. The van der Waals surface area contributed by atoms with Crippen LogP contribution in [0.2, 0.25) is 0 Å². The highest BCUT2D eigenvalue weighted by molar-refractivity contribution is 5.60. The third-order valence-electron chi connectivity index (χ3n) is 0.960. The fourth-order valence-corrected chi connectivity index (χ4v) is 0.371. The fraction of sp³-hybridized carbons (Fsp3) is 0.800. The zero-order valence-corrected chi connectivity index (χ0v) is 6.60. The van der Waals surface area contributed by atoms with Crippen LogP contribution in [0.25, 0.3) is 0 Å². The van der Waals surface area contributed by atoms with Gasteiger partial charge in [-0.3, -0.25) is 11.5 Å². The zero-order chi connectivity index (χ0) is 9.56. The molecule has 0 aliphatic carbocycles. The maximum absolute atomic E-state index is 10.7. The first kappa shape index (κ1) is 11.1. The van der Waals surface area contributed by atoms with Crippen molar-refractivity contribution >= 4 is 6.16 Å². The first-order valence-electron chi connectivity index (χ1n) is 3.38. The lowest BCUT2D eigenvalue weighted by Gasteiger charge is -2.13. The summed E-state index contributed by atoms with van der Waals surface area (Å²) in [7, 11) is 0. The van der Waals surface area contributed by atoms with Gasteiger partial charge in [0.25, 0.3) is 0 Å². The van der Waals surface area contributed by atoms with Crippen LogP contribution in [0.5, 0.6) is 0 Å². The minimum atomic E-state index is -0.967. The number of hydrogen-bond donors (Lipinski definition) is 4. The molecule has 0 aromatic carbocycles. The van der Waals surface area contributed by atoms with Crippen LogP contribution in [0.1, 0.15) is 0 Å². The van der Waals surface area contributed by atoms with Gasteiger partial charge in [-0.05, 0) is 0 Å². The van der Waals surface area contributed by atoms with E-state index in [4.69, 9.17) is 22.9 Å². The lowest BCUT2D eigenvalue weighted by molar-refractivity contribution is 0.00601. The number of nitrogens with two attached hydrogens (primary N) is 4. The molecule has 0 saturated heterocycles. The van der Waals surface area contributed by atoms with E-state index in [0.29, 0.717) is 0 Å². The third kappa shape index (κ3) is 4.85. The second-order valence-corrected chi connectivity index (χ2v) is 2.03. The van der Waals surface area contributed by atoms with E-state index in [1.54, 1.807) is 0 Å². The van der Waals surface area contributed by atoms with Gasteiger partial charge in [0.15, 0.2) is 12.5 Å². The first-order valence-corrected chi connectivity index (χ1v) is 3.38. The monoisotopic (exact) mass is 178 g/mol. The van der Waals surface area contributed by atoms with Crippen LogP contribution in [0.15, 0.2) is 0 Å². The van der Waals surface area contributed by atoms with Crippen molar-refractivity contribution < 1.29 is 14.3 Å². The summed E-state index contributed by atoms with van der Waals surface area (Å²) in [5.74, 6) is 0. The van der Waals surface area contributed by atoms with Gasteiger partial charge in [0, 0.05) is 13.1 Å². The minimum absolute atomic E-state index is 0.0208. The van der Waals surface area contributed by atoms with Crippen LogP contribution < -0.4 is 22.9 Å².